The molecule has 0 fully saturated rings. The summed E-state index contributed by atoms with van der Waals surface area (Å²) in [7, 11) is 0. The number of imidazole rings is 1. The number of benzene rings is 2. The van der Waals surface area contributed by atoms with Crippen LogP contribution in [0.3, 0.4) is 0 Å². The summed E-state index contributed by atoms with van der Waals surface area (Å²) in [6, 6.07) is 9.10. The summed E-state index contributed by atoms with van der Waals surface area (Å²) in [5.41, 5.74) is 1.41. The Morgan fingerprint density at radius 1 is 1.19 bits per heavy atom. The van der Waals surface area contributed by atoms with Crippen molar-refractivity contribution in [2.24, 2.45) is 0 Å². The number of amides is 1. The predicted octanol–water partition coefficient (Wildman–Crippen LogP) is 3.40. The van der Waals surface area contributed by atoms with Crippen molar-refractivity contribution in [3.8, 4) is 0 Å². The standard InChI is InChI=1S/C15H11F2N3O/c1-8-6-9(11(17)7-10(8)16)14(21)20-15-18-12-4-2-3-5-13(12)19-15/h2-7H,1H3,(H2,18,19,20,21). The van der Waals surface area contributed by atoms with E-state index in [4.69, 9.17) is 0 Å². The van der Waals surface area contributed by atoms with Crippen LogP contribution in [0.25, 0.3) is 11.0 Å². The van der Waals surface area contributed by atoms with Crippen LogP contribution in [0.2, 0.25) is 0 Å². The van der Waals surface area contributed by atoms with E-state index in [2.05, 4.69) is 15.3 Å². The first-order chi connectivity index (χ1) is 10.0. The molecule has 0 saturated carbocycles. The molecule has 6 heteroatoms. The molecule has 2 aromatic carbocycles. The first-order valence-corrected chi connectivity index (χ1v) is 6.26. The van der Waals surface area contributed by atoms with Crippen molar-refractivity contribution < 1.29 is 13.6 Å². The van der Waals surface area contributed by atoms with E-state index in [1.807, 2.05) is 12.1 Å². The fourth-order valence-electron chi connectivity index (χ4n) is 2.02. The lowest BCUT2D eigenvalue weighted by Gasteiger charge is -2.05. The number of rotatable bonds is 2. The van der Waals surface area contributed by atoms with Crippen molar-refractivity contribution in [1.82, 2.24) is 9.97 Å². The number of H-pyrrole nitrogens is 1. The smallest absolute Gasteiger partial charge is 0.260 e. The molecule has 3 aromatic rings. The summed E-state index contributed by atoms with van der Waals surface area (Å²) in [5.74, 6) is -2.07. The van der Waals surface area contributed by atoms with Gasteiger partial charge in [0.2, 0.25) is 5.95 Å². The molecule has 0 bridgehead atoms. The molecule has 106 valence electrons. The van der Waals surface area contributed by atoms with Gasteiger partial charge in [-0.1, -0.05) is 12.1 Å². The second kappa shape index (κ2) is 4.97. The number of nitrogens with zero attached hydrogens (tertiary/aromatic N) is 1. The van der Waals surface area contributed by atoms with E-state index < -0.39 is 17.5 Å². The Morgan fingerprint density at radius 2 is 1.95 bits per heavy atom. The maximum absolute atomic E-state index is 13.7. The van der Waals surface area contributed by atoms with Gasteiger partial charge in [0.1, 0.15) is 11.6 Å². The van der Waals surface area contributed by atoms with Crippen LogP contribution in [0.15, 0.2) is 36.4 Å². The summed E-state index contributed by atoms with van der Waals surface area (Å²) in [4.78, 5) is 19.1. The Bertz CT molecular complexity index is 809. The largest absolute Gasteiger partial charge is 0.324 e. The molecule has 1 aromatic heterocycles. The van der Waals surface area contributed by atoms with Crippen LogP contribution in [0.4, 0.5) is 14.7 Å². The summed E-state index contributed by atoms with van der Waals surface area (Å²) in [6.45, 7) is 1.47. The second-order valence-corrected chi connectivity index (χ2v) is 4.64. The lowest BCUT2D eigenvalue weighted by Crippen LogP contribution is -2.15. The summed E-state index contributed by atoms with van der Waals surface area (Å²) < 4.78 is 26.9. The van der Waals surface area contributed by atoms with Crippen LogP contribution >= 0.6 is 0 Å². The highest BCUT2D eigenvalue weighted by Crippen LogP contribution is 2.17. The van der Waals surface area contributed by atoms with E-state index in [-0.39, 0.29) is 17.1 Å². The Balaban J connectivity index is 1.91. The molecule has 0 aliphatic heterocycles. The van der Waals surface area contributed by atoms with Crippen LogP contribution in [-0.2, 0) is 0 Å². The van der Waals surface area contributed by atoms with Crippen molar-refractivity contribution in [3.63, 3.8) is 0 Å². The van der Waals surface area contributed by atoms with Crippen LogP contribution < -0.4 is 5.32 Å². The highest BCUT2D eigenvalue weighted by atomic mass is 19.1. The Kier molecular flexibility index (Phi) is 3.13. The van der Waals surface area contributed by atoms with Gasteiger partial charge in [-0.05, 0) is 30.7 Å². The molecular weight excluding hydrogens is 276 g/mol. The SMILES string of the molecule is Cc1cc(C(=O)Nc2nc3ccccc3[nH]2)c(F)cc1F. The minimum atomic E-state index is -0.910. The second-order valence-electron chi connectivity index (χ2n) is 4.64. The van der Waals surface area contributed by atoms with Gasteiger partial charge in [-0.15, -0.1) is 0 Å². The minimum Gasteiger partial charge on any atom is -0.324 e. The van der Waals surface area contributed by atoms with Crippen LogP contribution in [-0.4, -0.2) is 15.9 Å². The van der Waals surface area contributed by atoms with Gasteiger partial charge in [0.15, 0.2) is 0 Å². The Labute approximate surface area is 118 Å². The van der Waals surface area contributed by atoms with Gasteiger partial charge in [-0.2, -0.15) is 0 Å². The molecular formula is C15H11F2N3O. The molecule has 3 rings (SSSR count). The summed E-state index contributed by atoms with van der Waals surface area (Å²) in [5, 5.41) is 2.47. The van der Waals surface area contributed by atoms with Crippen LogP contribution in [0.5, 0.6) is 0 Å². The number of aryl methyl sites for hydroxylation is 1. The number of aromatic amines is 1. The highest BCUT2D eigenvalue weighted by Gasteiger charge is 2.16. The van der Waals surface area contributed by atoms with E-state index in [0.717, 1.165) is 5.52 Å². The van der Waals surface area contributed by atoms with E-state index in [1.165, 1.54) is 13.0 Å². The lowest BCUT2D eigenvalue weighted by atomic mass is 10.1. The molecule has 4 nitrogen and oxygen atoms in total. The zero-order chi connectivity index (χ0) is 15.0. The first-order valence-electron chi connectivity index (χ1n) is 6.26. The predicted molar refractivity (Wildman–Crippen MR) is 75.1 cm³/mol. The summed E-state index contributed by atoms with van der Waals surface area (Å²) in [6.07, 6.45) is 0. The maximum atomic E-state index is 13.7. The fourth-order valence-corrected chi connectivity index (χ4v) is 2.02. The highest BCUT2D eigenvalue weighted by molar-refractivity contribution is 6.04. The zero-order valence-electron chi connectivity index (χ0n) is 11.1. The molecule has 21 heavy (non-hydrogen) atoms. The van der Waals surface area contributed by atoms with Gasteiger partial charge in [0.05, 0.1) is 16.6 Å². The Morgan fingerprint density at radius 3 is 2.71 bits per heavy atom. The van der Waals surface area contributed by atoms with Gasteiger partial charge < -0.3 is 4.98 Å². The number of para-hydroxylation sites is 2. The summed E-state index contributed by atoms with van der Waals surface area (Å²) >= 11 is 0. The third-order valence-electron chi connectivity index (χ3n) is 3.11. The van der Waals surface area contributed by atoms with Crippen molar-refractivity contribution in [1.29, 1.82) is 0 Å². The van der Waals surface area contributed by atoms with E-state index in [1.54, 1.807) is 12.1 Å². The number of hydrogen-bond donors (Lipinski definition) is 2. The van der Waals surface area contributed by atoms with Crippen molar-refractivity contribution in [2.75, 3.05) is 5.32 Å². The van der Waals surface area contributed by atoms with Crippen molar-refractivity contribution >= 4 is 22.9 Å². The third kappa shape index (κ3) is 2.47. The number of hydrogen-bond acceptors (Lipinski definition) is 2. The monoisotopic (exact) mass is 287 g/mol. The van der Waals surface area contributed by atoms with Gasteiger partial charge in [-0.25, -0.2) is 13.8 Å². The number of nitrogens with one attached hydrogen (secondary N) is 2. The van der Waals surface area contributed by atoms with Crippen molar-refractivity contribution in [3.05, 3.63) is 59.2 Å². The number of carbonyl (C=O) groups excluding carboxylic acids is 1. The van der Waals surface area contributed by atoms with Gasteiger partial charge in [0, 0.05) is 6.07 Å². The van der Waals surface area contributed by atoms with Gasteiger partial charge in [-0.3, -0.25) is 10.1 Å². The number of anilines is 1. The normalized spacial score (nSPS) is 10.8. The average molecular weight is 287 g/mol. The number of carbonyl (C=O) groups is 1. The fraction of sp³-hybridized carbons (Fsp3) is 0.0667. The lowest BCUT2D eigenvalue weighted by molar-refractivity contribution is 0.102. The molecule has 0 radical (unpaired) electrons. The van der Waals surface area contributed by atoms with Gasteiger partial charge in [0.25, 0.3) is 5.91 Å². The maximum Gasteiger partial charge on any atom is 0.260 e. The van der Waals surface area contributed by atoms with Crippen molar-refractivity contribution in [2.45, 2.75) is 6.92 Å². The number of fused-ring (bicyclic) bond motifs is 1. The molecule has 1 amide bonds. The van der Waals surface area contributed by atoms with Gasteiger partial charge >= 0.3 is 0 Å². The molecule has 0 atom stereocenters. The molecule has 0 spiro atoms. The van der Waals surface area contributed by atoms with E-state index in [9.17, 15) is 13.6 Å². The molecule has 0 saturated heterocycles. The third-order valence-corrected chi connectivity index (χ3v) is 3.11. The molecule has 1 heterocycles. The molecule has 0 aliphatic carbocycles. The van der Waals surface area contributed by atoms with E-state index >= 15 is 0 Å². The zero-order valence-corrected chi connectivity index (χ0v) is 11.1. The average Bonchev–Trinajstić information content (AvgIpc) is 2.84. The van der Waals surface area contributed by atoms with E-state index in [0.29, 0.717) is 11.6 Å². The molecule has 2 N–H and O–H groups in total. The van der Waals surface area contributed by atoms with Crippen LogP contribution in [0, 0.1) is 18.6 Å². The van der Waals surface area contributed by atoms with Crippen LogP contribution in [0.1, 0.15) is 15.9 Å². The first kappa shape index (κ1) is 13.2. The number of aromatic nitrogens is 2. The molecule has 0 unspecified atom stereocenters. The minimum absolute atomic E-state index is 0.200. The number of halogens is 2. The topological polar surface area (TPSA) is 57.8 Å². The molecule has 0 aliphatic rings. The quantitative estimate of drug-likeness (QED) is 0.759. The Hall–Kier alpha value is -2.76.